The number of fused-ring (bicyclic) bond motifs is 1. The van der Waals surface area contributed by atoms with Gasteiger partial charge < -0.3 is 10.7 Å². The van der Waals surface area contributed by atoms with Gasteiger partial charge in [-0.25, -0.2) is 9.37 Å². The van der Waals surface area contributed by atoms with Crippen molar-refractivity contribution in [1.29, 1.82) is 0 Å². The first-order valence-corrected chi connectivity index (χ1v) is 5.18. The van der Waals surface area contributed by atoms with E-state index in [1.807, 2.05) is 0 Å². The molecule has 3 aromatic rings. The van der Waals surface area contributed by atoms with Crippen molar-refractivity contribution in [2.24, 2.45) is 0 Å². The molecule has 0 radical (unpaired) electrons. The molecule has 0 unspecified atom stereocenters. The topological polar surface area (TPSA) is 83.4 Å². The molecule has 0 amide bonds. The standard InChI is InChI=1S/C10H7ClFN5/c11-4-1-2-5-9(8(4)12)15-10(14-5)6-3-7(13)17-16-6/h1-3H,(H,14,15)(H3,13,16,17). The summed E-state index contributed by atoms with van der Waals surface area (Å²) in [6, 6.07) is 4.75. The number of nitrogens with two attached hydrogens (primary N) is 1. The number of anilines is 1. The fraction of sp³-hybridized carbons (Fsp3) is 0. The third-order valence-electron chi connectivity index (χ3n) is 2.40. The smallest absolute Gasteiger partial charge is 0.169 e. The van der Waals surface area contributed by atoms with Gasteiger partial charge in [0.25, 0.3) is 0 Å². The third kappa shape index (κ3) is 1.53. The quantitative estimate of drug-likeness (QED) is 0.621. The average molecular weight is 252 g/mol. The van der Waals surface area contributed by atoms with E-state index >= 15 is 0 Å². The molecule has 0 aliphatic rings. The maximum absolute atomic E-state index is 13.7. The van der Waals surface area contributed by atoms with Crippen molar-refractivity contribution in [3.05, 3.63) is 29.0 Å². The van der Waals surface area contributed by atoms with Crippen molar-refractivity contribution in [2.75, 3.05) is 5.73 Å². The zero-order valence-electron chi connectivity index (χ0n) is 8.46. The second-order valence-corrected chi connectivity index (χ2v) is 3.96. The van der Waals surface area contributed by atoms with E-state index in [0.29, 0.717) is 22.9 Å². The summed E-state index contributed by atoms with van der Waals surface area (Å²) in [6.45, 7) is 0. The Morgan fingerprint density at radius 3 is 2.88 bits per heavy atom. The first kappa shape index (κ1) is 10.1. The number of aromatic amines is 2. The van der Waals surface area contributed by atoms with Crippen LogP contribution in [0, 0.1) is 5.82 Å². The first-order chi connectivity index (χ1) is 8.15. The highest BCUT2D eigenvalue weighted by Gasteiger charge is 2.12. The highest BCUT2D eigenvalue weighted by Crippen LogP contribution is 2.25. The van der Waals surface area contributed by atoms with E-state index in [0.717, 1.165) is 0 Å². The van der Waals surface area contributed by atoms with Crippen molar-refractivity contribution in [3.8, 4) is 11.5 Å². The number of benzene rings is 1. The van der Waals surface area contributed by atoms with Gasteiger partial charge in [-0.1, -0.05) is 11.6 Å². The fourth-order valence-electron chi connectivity index (χ4n) is 1.60. The molecule has 0 aliphatic heterocycles. The van der Waals surface area contributed by atoms with E-state index < -0.39 is 5.82 Å². The SMILES string of the molecule is Nc1cc(-c2nc3c(F)c(Cl)ccc3[nH]2)[nH]n1. The number of aromatic nitrogens is 4. The fourth-order valence-corrected chi connectivity index (χ4v) is 1.76. The van der Waals surface area contributed by atoms with Gasteiger partial charge >= 0.3 is 0 Å². The van der Waals surface area contributed by atoms with Gasteiger partial charge in [0.15, 0.2) is 11.6 Å². The molecule has 2 aromatic heterocycles. The molecular formula is C10H7ClFN5. The molecule has 4 N–H and O–H groups in total. The van der Waals surface area contributed by atoms with Crippen molar-refractivity contribution >= 4 is 28.5 Å². The normalized spacial score (nSPS) is 11.2. The van der Waals surface area contributed by atoms with Crippen LogP contribution in [0.3, 0.4) is 0 Å². The van der Waals surface area contributed by atoms with Crippen LogP contribution >= 0.6 is 11.6 Å². The largest absolute Gasteiger partial charge is 0.382 e. The molecule has 0 fully saturated rings. The Kier molecular flexibility index (Phi) is 2.05. The Hall–Kier alpha value is -2.08. The minimum absolute atomic E-state index is 0.0414. The predicted molar refractivity (Wildman–Crippen MR) is 63.1 cm³/mol. The van der Waals surface area contributed by atoms with Crippen LogP contribution in [0.5, 0.6) is 0 Å². The monoisotopic (exact) mass is 251 g/mol. The number of hydrogen-bond acceptors (Lipinski definition) is 3. The number of rotatable bonds is 1. The Labute approximate surface area is 99.8 Å². The van der Waals surface area contributed by atoms with E-state index in [1.165, 1.54) is 6.07 Å². The van der Waals surface area contributed by atoms with Gasteiger partial charge in [0, 0.05) is 6.07 Å². The first-order valence-electron chi connectivity index (χ1n) is 4.80. The Balaban J connectivity index is 2.23. The summed E-state index contributed by atoms with van der Waals surface area (Å²) in [5.41, 5.74) is 6.84. The number of nitrogen functional groups attached to an aromatic ring is 1. The summed E-state index contributed by atoms with van der Waals surface area (Å²) in [4.78, 5) is 7.07. The second-order valence-electron chi connectivity index (χ2n) is 3.55. The maximum atomic E-state index is 13.7. The summed E-state index contributed by atoms with van der Waals surface area (Å²) >= 11 is 5.68. The molecule has 86 valence electrons. The lowest BCUT2D eigenvalue weighted by atomic mass is 10.3. The number of H-pyrrole nitrogens is 2. The van der Waals surface area contributed by atoms with Crippen LogP contribution in [0.1, 0.15) is 0 Å². The molecule has 7 heteroatoms. The van der Waals surface area contributed by atoms with Crippen LogP contribution < -0.4 is 5.73 Å². The highest BCUT2D eigenvalue weighted by molar-refractivity contribution is 6.31. The van der Waals surface area contributed by atoms with E-state index in [2.05, 4.69) is 20.2 Å². The lowest BCUT2D eigenvalue weighted by Crippen LogP contribution is -1.81. The van der Waals surface area contributed by atoms with Crippen LogP contribution in [-0.4, -0.2) is 20.2 Å². The zero-order chi connectivity index (χ0) is 12.0. The molecule has 3 rings (SSSR count). The number of halogens is 2. The maximum Gasteiger partial charge on any atom is 0.169 e. The molecule has 0 spiro atoms. The summed E-state index contributed by atoms with van der Waals surface area (Å²) < 4.78 is 13.7. The second kappa shape index (κ2) is 3.46. The third-order valence-corrected chi connectivity index (χ3v) is 2.69. The molecule has 17 heavy (non-hydrogen) atoms. The van der Waals surface area contributed by atoms with E-state index in [-0.39, 0.29) is 10.5 Å². The van der Waals surface area contributed by atoms with Crippen LogP contribution in [0.4, 0.5) is 10.2 Å². The van der Waals surface area contributed by atoms with Crippen LogP contribution in [0.25, 0.3) is 22.6 Å². The molecule has 0 atom stereocenters. The molecule has 0 saturated heterocycles. The van der Waals surface area contributed by atoms with Gasteiger partial charge in [-0.3, -0.25) is 5.10 Å². The summed E-state index contributed by atoms with van der Waals surface area (Å²) in [6.07, 6.45) is 0. The lowest BCUT2D eigenvalue weighted by Gasteiger charge is -1.92. The Morgan fingerprint density at radius 2 is 2.18 bits per heavy atom. The van der Waals surface area contributed by atoms with Crippen LogP contribution in [0.2, 0.25) is 5.02 Å². The molecule has 0 saturated carbocycles. The molecule has 0 aliphatic carbocycles. The lowest BCUT2D eigenvalue weighted by molar-refractivity contribution is 0.638. The van der Waals surface area contributed by atoms with Crippen LogP contribution in [0.15, 0.2) is 18.2 Å². The highest BCUT2D eigenvalue weighted by atomic mass is 35.5. The molecule has 0 bridgehead atoms. The van der Waals surface area contributed by atoms with E-state index in [4.69, 9.17) is 17.3 Å². The molecule has 1 aromatic carbocycles. The predicted octanol–water partition coefficient (Wildman–Crippen LogP) is 2.33. The number of nitrogens with one attached hydrogen (secondary N) is 2. The van der Waals surface area contributed by atoms with Gasteiger partial charge in [-0.2, -0.15) is 5.10 Å². The molecule has 5 nitrogen and oxygen atoms in total. The summed E-state index contributed by atoms with van der Waals surface area (Å²) in [7, 11) is 0. The Bertz CT molecular complexity index is 702. The molecular weight excluding hydrogens is 245 g/mol. The molecule has 2 heterocycles. The van der Waals surface area contributed by atoms with E-state index in [9.17, 15) is 4.39 Å². The van der Waals surface area contributed by atoms with E-state index in [1.54, 1.807) is 12.1 Å². The minimum Gasteiger partial charge on any atom is -0.382 e. The van der Waals surface area contributed by atoms with Gasteiger partial charge in [0.2, 0.25) is 0 Å². The van der Waals surface area contributed by atoms with Gasteiger partial charge in [-0.05, 0) is 12.1 Å². The van der Waals surface area contributed by atoms with Crippen molar-refractivity contribution < 1.29 is 4.39 Å². The summed E-state index contributed by atoms with van der Waals surface area (Å²) in [5, 5.41) is 6.51. The average Bonchev–Trinajstić information content (AvgIpc) is 2.90. The number of nitrogens with zero attached hydrogens (tertiary/aromatic N) is 2. The zero-order valence-corrected chi connectivity index (χ0v) is 9.22. The van der Waals surface area contributed by atoms with Crippen molar-refractivity contribution in [2.45, 2.75) is 0 Å². The minimum atomic E-state index is -0.542. The van der Waals surface area contributed by atoms with Gasteiger partial charge in [0.05, 0.1) is 10.5 Å². The Morgan fingerprint density at radius 1 is 1.35 bits per heavy atom. The number of imidazole rings is 1. The number of hydrogen-bond donors (Lipinski definition) is 3. The summed E-state index contributed by atoms with van der Waals surface area (Å²) in [5.74, 6) is 0.267. The van der Waals surface area contributed by atoms with Gasteiger partial charge in [0.1, 0.15) is 17.0 Å². The van der Waals surface area contributed by atoms with Crippen molar-refractivity contribution in [3.63, 3.8) is 0 Å². The van der Waals surface area contributed by atoms with Crippen molar-refractivity contribution in [1.82, 2.24) is 20.2 Å². The van der Waals surface area contributed by atoms with Crippen LogP contribution in [-0.2, 0) is 0 Å². The van der Waals surface area contributed by atoms with Gasteiger partial charge in [-0.15, -0.1) is 0 Å².